The molecule has 0 aromatic heterocycles. The van der Waals surface area contributed by atoms with Crippen molar-refractivity contribution >= 4 is 0 Å². The molecule has 116 valence electrons. The predicted molar refractivity (Wildman–Crippen MR) is 87.9 cm³/mol. The summed E-state index contributed by atoms with van der Waals surface area (Å²) in [6.07, 6.45) is 9.15. The van der Waals surface area contributed by atoms with E-state index in [-0.39, 0.29) is 0 Å². The molecule has 0 saturated heterocycles. The maximum Gasteiger partial charge on any atom is 0.0951 e. The predicted octanol–water partition coefficient (Wildman–Crippen LogP) is 4.07. The van der Waals surface area contributed by atoms with Crippen LogP contribution in [0.15, 0.2) is 46.6 Å². The third-order valence-electron chi connectivity index (χ3n) is 5.14. The van der Waals surface area contributed by atoms with Crippen molar-refractivity contribution in [2.45, 2.75) is 65.6 Å². The lowest BCUT2D eigenvalue weighted by atomic mass is 9.58. The maximum atomic E-state index is 11.3. The number of aliphatic hydroxyl groups is 2. The van der Waals surface area contributed by atoms with Crippen LogP contribution in [0.1, 0.15) is 54.4 Å². The quantitative estimate of drug-likeness (QED) is 0.804. The molecule has 0 aromatic carbocycles. The van der Waals surface area contributed by atoms with Gasteiger partial charge in [0.1, 0.15) is 0 Å². The minimum absolute atomic E-state index is 0.565. The van der Waals surface area contributed by atoms with Gasteiger partial charge in [-0.3, -0.25) is 0 Å². The standard InChI is InChI=1S/C19H28O2/c1-13-7-14(2)10-18(20,9-13)17(5,6)19(21)11-15(3)8-16(4)12-19/h7-9,11,20-21H,10,12H2,1-6H3. The first-order chi connectivity index (χ1) is 9.49. The van der Waals surface area contributed by atoms with Gasteiger partial charge >= 0.3 is 0 Å². The lowest BCUT2D eigenvalue weighted by molar-refractivity contribution is -0.135. The van der Waals surface area contributed by atoms with Gasteiger partial charge in [-0.25, -0.2) is 0 Å². The lowest BCUT2D eigenvalue weighted by Gasteiger charge is -2.52. The third-order valence-corrected chi connectivity index (χ3v) is 5.14. The van der Waals surface area contributed by atoms with E-state index in [9.17, 15) is 10.2 Å². The van der Waals surface area contributed by atoms with Crippen LogP contribution >= 0.6 is 0 Å². The average Bonchev–Trinajstić information content (AvgIpc) is 2.24. The Balaban J connectivity index is 2.48. The Morgan fingerprint density at radius 2 is 1.14 bits per heavy atom. The first-order valence-electron chi connectivity index (χ1n) is 7.67. The highest BCUT2D eigenvalue weighted by molar-refractivity contribution is 5.39. The number of rotatable bonds is 2. The smallest absolute Gasteiger partial charge is 0.0951 e. The molecule has 0 aliphatic heterocycles. The van der Waals surface area contributed by atoms with Gasteiger partial charge < -0.3 is 10.2 Å². The highest BCUT2D eigenvalue weighted by atomic mass is 16.3. The van der Waals surface area contributed by atoms with Gasteiger partial charge in [0.25, 0.3) is 0 Å². The van der Waals surface area contributed by atoms with Crippen molar-refractivity contribution in [2.24, 2.45) is 5.41 Å². The Kier molecular flexibility index (Phi) is 3.84. The fourth-order valence-electron chi connectivity index (χ4n) is 3.85. The largest absolute Gasteiger partial charge is 0.385 e. The van der Waals surface area contributed by atoms with Gasteiger partial charge in [0, 0.05) is 18.3 Å². The summed E-state index contributed by atoms with van der Waals surface area (Å²) in [5, 5.41) is 22.6. The maximum absolute atomic E-state index is 11.3. The molecule has 2 unspecified atom stereocenters. The molecule has 0 radical (unpaired) electrons. The third kappa shape index (κ3) is 2.67. The Bertz CT molecular complexity index is 524. The summed E-state index contributed by atoms with van der Waals surface area (Å²) in [5.74, 6) is 0. The van der Waals surface area contributed by atoms with Crippen molar-refractivity contribution in [1.29, 1.82) is 0 Å². The molecule has 0 amide bonds. The zero-order valence-electron chi connectivity index (χ0n) is 14.1. The molecule has 0 bridgehead atoms. The van der Waals surface area contributed by atoms with Gasteiger partial charge in [-0.05, 0) is 39.8 Å². The SMILES string of the molecule is CC1=CC(O)(C(C)(C)C2(O)C=C(C)C=C(C)C2)CC(C)=C1. The fraction of sp³-hybridized carbons (Fsp3) is 0.579. The summed E-state index contributed by atoms with van der Waals surface area (Å²) in [6, 6.07) is 0. The van der Waals surface area contributed by atoms with Crippen molar-refractivity contribution in [3.8, 4) is 0 Å². The second-order valence-corrected chi connectivity index (χ2v) is 7.59. The summed E-state index contributed by atoms with van der Waals surface area (Å²) in [4.78, 5) is 0. The van der Waals surface area contributed by atoms with Crippen LogP contribution in [-0.2, 0) is 0 Å². The second-order valence-electron chi connectivity index (χ2n) is 7.59. The molecule has 2 nitrogen and oxygen atoms in total. The zero-order valence-corrected chi connectivity index (χ0v) is 14.1. The molecule has 2 aliphatic rings. The van der Waals surface area contributed by atoms with Crippen LogP contribution < -0.4 is 0 Å². The van der Waals surface area contributed by atoms with Crippen molar-refractivity contribution in [2.75, 3.05) is 0 Å². The summed E-state index contributed by atoms with van der Waals surface area (Å²) in [6.45, 7) is 12.0. The van der Waals surface area contributed by atoms with Gasteiger partial charge in [-0.1, -0.05) is 48.3 Å². The minimum atomic E-state index is -1.04. The molecule has 0 saturated carbocycles. The van der Waals surface area contributed by atoms with Gasteiger partial charge in [-0.2, -0.15) is 0 Å². The highest BCUT2D eigenvalue weighted by Crippen LogP contribution is 2.51. The monoisotopic (exact) mass is 288 g/mol. The average molecular weight is 288 g/mol. The van der Waals surface area contributed by atoms with E-state index in [1.54, 1.807) is 0 Å². The van der Waals surface area contributed by atoms with Gasteiger partial charge in [0.05, 0.1) is 11.2 Å². The second kappa shape index (κ2) is 4.96. The van der Waals surface area contributed by atoms with Crippen molar-refractivity contribution in [1.82, 2.24) is 0 Å². The van der Waals surface area contributed by atoms with E-state index in [0.29, 0.717) is 12.8 Å². The van der Waals surface area contributed by atoms with Gasteiger partial charge in [0.2, 0.25) is 0 Å². The van der Waals surface area contributed by atoms with E-state index in [1.165, 1.54) is 0 Å². The normalized spacial score (nSPS) is 33.9. The summed E-state index contributed by atoms with van der Waals surface area (Å²) in [5.41, 5.74) is 1.64. The van der Waals surface area contributed by atoms with Crippen LogP contribution in [0.4, 0.5) is 0 Å². The Morgan fingerprint density at radius 3 is 1.43 bits per heavy atom. The zero-order chi connectivity index (χ0) is 16.1. The van der Waals surface area contributed by atoms with Crippen LogP contribution in [0, 0.1) is 5.41 Å². The minimum Gasteiger partial charge on any atom is -0.385 e. The number of hydrogen-bond acceptors (Lipinski definition) is 2. The molecule has 2 aliphatic carbocycles. The Hall–Kier alpha value is -1.12. The lowest BCUT2D eigenvalue weighted by Crippen LogP contribution is -2.58. The van der Waals surface area contributed by atoms with E-state index in [2.05, 4.69) is 12.2 Å². The molecular weight excluding hydrogens is 260 g/mol. The molecular formula is C19H28O2. The van der Waals surface area contributed by atoms with E-state index in [0.717, 1.165) is 22.3 Å². The van der Waals surface area contributed by atoms with E-state index in [4.69, 9.17) is 0 Å². The van der Waals surface area contributed by atoms with E-state index >= 15 is 0 Å². The van der Waals surface area contributed by atoms with Crippen molar-refractivity contribution in [3.63, 3.8) is 0 Å². The molecule has 2 N–H and O–H groups in total. The summed E-state index contributed by atoms with van der Waals surface area (Å²) < 4.78 is 0. The Labute approximate surface area is 128 Å². The van der Waals surface area contributed by atoms with Crippen LogP contribution in [0.5, 0.6) is 0 Å². The molecule has 2 heteroatoms. The van der Waals surface area contributed by atoms with E-state index in [1.807, 2.05) is 53.7 Å². The number of allylic oxidation sites excluding steroid dienone is 4. The van der Waals surface area contributed by atoms with Crippen molar-refractivity contribution < 1.29 is 10.2 Å². The van der Waals surface area contributed by atoms with Crippen LogP contribution in [0.3, 0.4) is 0 Å². The molecule has 0 spiro atoms. The molecule has 0 heterocycles. The number of hydrogen-bond donors (Lipinski definition) is 2. The van der Waals surface area contributed by atoms with Gasteiger partial charge in [0.15, 0.2) is 0 Å². The molecule has 0 fully saturated rings. The highest BCUT2D eigenvalue weighted by Gasteiger charge is 2.55. The van der Waals surface area contributed by atoms with Gasteiger partial charge in [-0.15, -0.1) is 0 Å². The first kappa shape index (κ1) is 16.3. The Morgan fingerprint density at radius 1 is 0.810 bits per heavy atom. The van der Waals surface area contributed by atoms with Crippen molar-refractivity contribution in [3.05, 3.63) is 46.6 Å². The molecule has 21 heavy (non-hydrogen) atoms. The first-order valence-corrected chi connectivity index (χ1v) is 7.67. The topological polar surface area (TPSA) is 40.5 Å². The molecule has 0 aromatic rings. The molecule has 2 rings (SSSR count). The summed E-state index contributed by atoms with van der Waals surface area (Å²) >= 11 is 0. The van der Waals surface area contributed by atoms with Crippen LogP contribution in [0.2, 0.25) is 0 Å². The molecule has 2 atom stereocenters. The van der Waals surface area contributed by atoms with Crippen LogP contribution in [0.25, 0.3) is 0 Å². The van der Waals surface area contributed by atoms with E-state index < -0.39 is 16.6 Å². The fourth-order valence-corrected chi connectivity index (χ4v) is 3.85. The van der Waals surface area contributed by atoms with Crippen LogP contribution in [-0.4, -0.2) is 21.4 Å². The summed E-state index contributed by atoms with van der Waals surface area (Å²) in [7, 11) is 0.